The first-order valence-electron chi connectivity index (χ1n) is 22.3. The number of thioether (sulfide) groups is 2. The van der Waals surface area contributed by atoms with Gasteiger partial charge < -0.3 is 25.2 Å². The van der Waals surface area contributed by atoms with Gasteiger partial charge in [0.25, 0.3) is 0 Å². The van der Waals surface area contributed by atoms with Gasteiger partial charge in [0.2, 0.25) is 0 Å². The molecule has 0 aromatic carbocycles. The van der Waals surface area contributed by atoms with Crippen molar-refractivity contribution in [3.8, 4) is 0 Å². The van der Waals surface area contributed by atoms with Crippen molar-refractivity contribution < 1.29 is 44.3 Å². The van der Waals surface area contributed by atoms with E-state index in [0.717, 1.165) is 54.3 Å². The van der Waals surface area contributed by atoms with E-state index in [1.54, 1.807) is 6.08 Å². The third-order valence-corrected chi connectivity index (χ3v) is 21.3. The van der Waals surface area contributed by atoms with E-state index in [2.05, 4.69) is 20.8 Å². The number of ether oxygens (including phenoxy) is 1. The van der Waals surface area contributed by atoms with Gasteiger partial charge in [-0.25, -0.2) is 0 Å². The smallest absolute Gasteiger partial charge is 0.317 e. The number of hydrogen-bond donors (Lipinski definition) is 4. The predicted molar refractivity (Wildman–Crippen MR) is 221 cm³/mol. The number of hydrogen-bond acceptors (Lipinski definition) is 10. The van der Waals surface area contributed by atoms with Crippen molar-refractivity contribution in [2.24, 2.45) is 63.1 Å². The molecular formula is C46H68O9S2. The van der Waals surface area contributed by atoms with Gasteiger partial charge in [0.1, 0.15) is 10.4 Å². The number of aliphatic hydroxyl groups excluding tert-OH is 1. The molecular weight excluding hydrogens is 761 g/mol. The second kappa shape index (κ2) is 14.6. The van der Waals surface area contributed by atoms with Crippen molar-refractivity contribution in [2.75, 3.05) is 11.5 Å². The second-order valence-corrected chi connectivity index (χ2v) is 23.7. The molecule has 0 saturated heterocycles. The van der Waals surface area contributed by atoms with Crippen LogP contribution < -0.4 is 0 Å². The van der Waals surface area contributed by atoms with Crippen molar-refractivity contribution in [1.82, 2.24) is 0 Å². The highest BCUT2D eigenvalue weighted by Crippen LogP contribution is 2.73. The normalized spacial score (nSPS) is 49.2. The molecule has 0 aliphatic heterocycles. The van der Waals surface area contributed by atoms with Crippen LogP contribution in [0.25, 0.3) is 0 Å². The van der Waals surface area contributed by atoms with Gasteiger partial charge >= 0.3 is 11.9 Å². The molecule has 9 nitrogen and oxygen atoms in total. The molecule has 0 bridgehead atoms. The van der Waals surface area contributed by atoms with Crippen molar-refractivity contribution in [3.63, 3.8) is 0 Å². The molecule has 4 N–H and O–H groups in total. The third kappa shape index (κ3) is 6.40. The summed E-state index contributed by atoms with van der Waals surface area (Å²) in [5, 5.41) is 46.4. The average molecular weight is 829 g/mol. The maximum atomic E-state index is 13.9. The highest BCUT2D eigenvalue weighted by molar-refractivity contribution is 8.01. The molecule has 11 heteroatoms. The first-order valence-corrected chi connectivity index (χ1v) is 24.4. The zero-order chi connectivity index (χ0) is 41.0. The summed E-state index contributed by atoms with van der Waals surface area (Å²) >= 11 is 2.07. The predicted octanol–water partition coefficient (Wildman–Crippen LogP) is 8.11. The Bertz CT molecular complexity index is 1700. The monoisotopic (exact) mass is 828 g/mol. The third-order valence-electron chi connectivity index (χ3n) is 19.1. The topological polar surface area (TPSA) is 158 Å². The maximum absolute atomic E-state index is 13.9. The SMILES string of the molecule is CC(=O)[C@@]1(OC(=O)CSC(O)C[C@@]2(O)CCC3C4CCC5CCCC[C@]5(C)C4CC[C@@]32C)CCC2C3CCC4=CC(=O)CC[C@]4(C)C3[C@](O)(SCC(=O)O)C[C@@]21C. The fourth-order valence-electron chi connectivity index (χ4n) is 16.4. The first kappa shape index (κ1) is 42.3. The number of aliphatic hydroxyl groups is 3. The zero-order valence-electron chi connectivity index (χ0n) is 35.0. The van der Waals surface area contributed by atoms with Gasteiger partial charge in [0.15, 0.2) is 17.2 Å². The highest BCUT2D eigenvalue weighted by atomic mass is 32.2. The van der Waals surface area contributed by atoms with E-state index < -0.39 is 44.3 Å². The number of aliphatic carboxylic acids is 1. The Labute approximate surface area is 348 Å². The summed E-state index contributed by atoms with van der Waals surface area (Å²) in [6.45, 7) is 10.3. The van der Waals surface area contributed by atoms with Crippen LogP contribution in [0.4, 0.5) is 0 Å². The lowest BCUT2D eigenvalue weighted by atomic mass is 9.44. The molecule has 8 unspecified atom stereocenters. The molecule has 7 fully saturated rings. The molecule has 0 radical (unpaired) electrons. The van der Waals surface area contributed by atoms with Crippen LogP contribution >= 0.6 is 23.5 Å². The van der Waals surface area contributed by atoms with Gasteiger partial charge in [-0.3, -0.25) is 19.2 Å². The summed E-state index contributed by atoms with van der Waals surface area (Å²) < 4.78 is 6.36. The van der Waals surface area contributed by atoms with Gasteiger partial charge in [-0.2, -0.15) is 0 Å². The number of carboxylic acids is 1. The van der Waals surface area contributed by atoms with E-state index in [9.17, 15) is 39.6 Å². The Morgan fingerprint density at radius 1 is 0.825 bits per heavy atom. The molecule has 15 atom stereocenters. The standard InChI is InChI=1S/C46H68O9S2/c1-27(47)45(21-16-35-32-12-10-29-22-30(48)13-18-41(29,3)39(32)46(54,26-43(35,45)5)57-24-36(49)50)55-37(51)25-56-38(52)23-44(53)20-15-34-31-11-9-28-8-6-7-17-40(28,2)33(31)14-19-42(34,44)4/h22,28,31-35,38-39,52-54H,6-21,23-26H2,1-5H3,(H,49,50)/t28?,31?,32?,33?,34?,35?,38?,39?,40-,41-,42-,43-,44-,45-,46+/m0/s1. The number of ketones is 2. The summed E-state index contributed by atoms with van der Waals surface area (Å²) in [4.78, 5) is 50.8. The van der Waals surface area contributed by atoms with E-state index in [0.29, 0.717) is 68.1 Å². The Morgan fingerprint density at radius 2 is 1.54 bits per heavy atom. The fraction of sp³-hybridized carbons (Fsp3) is 0.870. The first-order chi connectivity index (χ1) is 26.8. The largest absolute Gasteiger partial charge is 0.481 e. The Kier molecular flexibility index (Phi) is 10.8. The van der Waals surface area contributed by atoms with Crippen LogP contribution in [0.15, 0.2) is 11.6 Å². The minimum atomic E-state index is -1.54. The summed E-state index contributed by atoms with van der Waals surface area (Å²) in [7, 11) is 0. The lowest BCUT2D eigenvalue weighted by Gasteiger charge is -2.64. The van der Waals surface area contributed by atoms with E-state index in [-0.39, 0.29) is 59.1 Å². The van der Waals surface area contributed by atoms with Crippen molar-refractivity contribution >= 4 is 47.0 Å². The highest BCUT2D eigenvalue weighted by Gasteiger charge is 2.73. The van der Waals surface area contributed by atoms with Gasteiger partial charge in [-0.15, -0.1) is 23.5 Å². The van der Waals surface area contributed by atoms with E-state index in [1.807, 2.05) is 6.92 Å². The van der Waals surface area contributed by atoms with Crippen LogP contribution in [0.1, 0.15) is 150 Å². The van der Waals surface area contributed by atoms with Crippen molar-refractivity contribution in [3.05, 3.63) is 11.6 Å². The number of fused-ring (bicyclic) bond motifs is 10. The van der Waals surface area contributed by atoms with Crippen molar-refractivity contribution in [1.29, 1.82) is 0 Å². The van der Waals surface area contributed by atoms with E-state index in [4.69, 9.17) is 4.74 Å². The van der Waals surface area contributed by atoms with Gasteiger partial charge in [-0.1, -0.05) is 46.1 Å². The number of Topliss-reactive ketones (excluding diaryl/α,β-unsaturated/α-hetero) is 1. The number of carbonyl (C=O) groups excluding carboxylic acids is 3. The van der Waals surface area contributed by atoms with Gasteiger partial charge in [-0.05, 0) is 155 Å². The van der Waals surface area contributed by atoms with E-state index >= 15 is 0 Å². The average Bonchev–Trinajstić information content (AvgIpc) is 3.58. The number of rotatable bonds is 10. The van der Waals surface area contributed by atoms with Crippen LogP contribution in [-0.4, -0.2) is 77.0 Å². The summed E-state index contributed by atoms with van der Waals surface area (Å²) in [5.74, 6) is -0.184. The number of carboxylic acid groups (broad SMARTS) is 1. The Balaban J connectivity index is 0.965. The molecule has 0 aromatic heterocycles. The van der Waals surface area contributed by atoms with Crippen LogP contribution in [0.2, 0.25) is 0 Å². The molecule has 0 heterocycles. The van der Waals surface area contributed by atoms with Gasteiger partial charge in [0.05, 0.1) is 17.1 Å². The Hall–Kier alpha value is -1.40. The van der Waals surface area contributed by atoms with Crippen LogP contribution in [-0.2, 0) is 23.9 Å². The quantitative estimate of drug-likeness (QED) is 0.125. The minimum absolute atomic E-state index is 0.0599. The lowest BCUT2D eigenvalue weighted by Crippen LogP contribution is -2.66. The zero-order valence-corrected chi connectivity index (χ0v) is 36.6. The molecule has 8 aliphatic carbocycles. The molecule has 318 valence electrons. The molecule has 8 aliphatic rings. The molecule has 0 amide bonds. The van der Waals surface area contributed by atoms with Crippen LogP contribution in [0, 0.1) is 63.1 Å². The molecule has 8 rings (SSSR count). The second-order valence-electron chi connectivity index (χ2n) is 21.3. The molecule has 0 spiro atoms. The number of allylic oxidation sites excluding steroid dienone is 1. The van der Waals surface area contributed by atoms with Crippen LogP contribution in [0.3, 0.4) is 0 Å². The van der Waals surface area contributed by atoms with E-state index in [1.165, 1.54) is 45.4 Å². The molecule has 57 heavy (non-hydrogen) atoms. The van der Waals surface area contributed by atoms with Crippen LogP contribution in [0.5, 0.6) is 0 Å². The fourth-order valence-corrected chi connectivity index (χ4v) is 18.6. The molecule has 7 saturated carbocycles. The minimum Gasteiger partial charge on any atom is -0.481 e. The number of esters is 1. The summed E-state index contributed by atoms with van der Waals surface area (Å²) in [6.07, 6.45) is 17.0. The maximum Gasteiger partial charge on any atom is 0.317 e. The molecule has 0 aromatic rings. The summed E-state index contributed by atoms with van der Waals surface area (Å²) in [5.41, 5.74) is -3.82. The number of carbonyl (C=O) groups is 4. The summed E-state index contributed by atoms with van der Waals surface area (Å²) in [6, 6.07) is 0. The lowest BCUT2D eigenvalue weighted by molar-refractivity contribution is -0.203. The Morgan fingerprint density at radius 3 is 2.28 bits per heavy atom. The van der Waals surface area contributed by atoms with Gasteiger partial charge in [0, 0.05) is 24.2 Å². The van der Waals surface area contributed by atoms with Crippen molar-refractivity contribution in [2.45, 2.75) is 172 Å².